The molecule has 0 spiro atoms. The first-order valence-corrected chi connectivity index (χ1v) is 9.78. The van der Waals surface area contributed by atoms with Gasteiger partial charge in [-0.15, -0.1) is 0 Å². The molecule has 0 saturated heterocycles. The Morgan fingerprint density at radius 3 is 2.45 bits per heavy atom. The predicted molar refractivity (Wildman–Crippen MR) is 105 cm³/mol. The van der Waals surface area contributed by atoms with Gasteiger partial charge in [-0.1, -0.05) is 25.0 Å². The second-order valence-electron chi connectivity index (χ2n) is 7.62. The molecule has 1 aromatic carbocycles. The average molecular weight is 394 g/mol. The number of nitrogens with one attached hydrogen (secondary N) is 2. The van der Waals surface area contributed by atoms with E-state index in [1.54, 1.807) is 31.2 Å². The molecule has 1 fully saturated rings. The molecule has 0 bridgehead atoms. The minimum atomic E-state index is -0.352. The summed E-state index contributed by atoms with van der Waals surface area (Å²) in [5, 5.41) is 2.73. The number of hydrogen-bond acceptors (Lipinski definition) is 5. The molecule has 8 nitrogen and oxygen atoms in total. The van der Waals surface area contributed by atoms with Crippen LogP contribution < -0.4 is 10.9 Å². The van der Waals surface area contributed by atoms with Gasteiger partial charge in [0.05, 0.1) is 11.1 Å². The Kier molecular flexibility index (Phi) is 5.00. The van der Waals surface area contributed by atoms with Crippen LogP contribution in [-0.4, -0.2) is 39.1 Å². The first-order chi connectivity index (χ1) is 13.9. The van der Waals surface area contributed by atoms with Crippen LogP contribution in [0, 0.1) is 18.8 Å². The van der Waals surface area contributed by atoms with Crippen molar-refractivity contribution >= 4 is 23.5 Å². The SMILES string of the molecule is Cc1nc(NC(=O)C2CCCCC2CN2C(=O)c3ccccc3C2=O)cc(=O)[nH]1. The van der Waals surface area contributed by atoms with Gasteiger partial charge in [0.1, 0.15) is 11.6 Å². The number of amides is 3. The minimum Gasteiger partial charge on any atom is -0.311 e. The van der Waals surface area contributed by atoms with Gasteiger partial charge in [-0.25, -0.2) is 4.98 Å². The largest absolute Gasteiger partial charge is 0.311 e. The normalized spacial score (nSPS) is 21.2. The number of aromatic amines is 1. The van der Waals surface area contributed by atoms with Gasteiger partial charge in [0.2, 0.25) is 5.91 Å². The number of fused-ring (bicyclic) bond motifs is 1. The molecule has 1 aliphatic carbocycles. The number of nitrogens with zero attached hydrogens (tertiary/aromatic N) is 2. The van der Waals surface area contributed by atoms with Crippen LogP contribution in [0.4, 0.5) is 5.82 Å². The van der Waals surface area contributed by atoms with E-state index in [1.165, 1.54) is 11.0 Å². The molecule has 2 unspecified atom stereocenters. The van der Waals surface area contributed by atoms with Gasteiger partial charge in [-0.3, -0.25) is 24.1 Å². The lowest BCUT2D eigenvalue weighted by Gasteiger charge is -2.32. The summed E-state index contributed by atoms with van der Waals surface area (Å²) in [6.45, 7) is 1.86. The van der Waals surface area contributed by atoms with Crippen molar-refractivity contribution in [3.05, 3.63) is 57.6 Å². The highest BCUT2D eigenvalue weighted by Crippen LogP contribution is 2.33. The van der Waals surface area contributed by atoms with Crippen LogP contribution in [0.2, 0.25) is 0 Å². The quantitative estimate of drug-likeness (QED) is 0.772. The van der Waals surface area contributed by atoms with Gasteiger partial charge >= 0.3 is 0 Å². The molecule has 2 aliphatic rings. The summed E-state index contributed by atoms with van der Waals surface area (Å²) in [5.74, 6) is -0.697. The van der Waals surface area contributed by atoms with E-state index in [0.717, 1.165) is 19.3 Å². The summed E-state index contributed by atoms with van der Waals surface area (Å²) in [4.78, 5) is 57.8. The van der Waals surface area contributed by atoms with Gasteiger partial charge in [-0.05, 0) is 37.8 Å². The molecular weight excluding hydrogens is 372 g/mol. The average Bonchev–Trinajstić information content (AvgIpc) is 2.93. The molecule has 4 rings (SSSR count). The van der Waals surface area contributed by atoms with Crippen molar-refractivity contribution in [2.45, 2.75) is 32.6 Å². The smallest absolute Gasteiger partial charge is 0.261 e. The number of aromatic nitrogens is 2. The van der Waals surface area contributed by atoms with Crippen LogP contribution in [-0.2, 0) is 4.79 Å². The lowest BCUT2D eigenvalue weighted by molar-refractivity contribution is -0.122. The number of hydrogen-bond donors (Lipinski definition) is 2. The highest BCUT2D eigenvalue weighted by Gasteiger charge is 2.40. The molecule has 2 atom stereocenters. The van der Waals surface area contributed by atoms with Gasteiger partial charge in [0.25, 0.3) is 17.4 Å². The Balaban J connectivity index is 1.51. The summed E-state index contributed by atoms with van der Waals surface area (Å²) in [7, 11) is 0. The molecule has 150 valence electrons. The van der Waals surface area contributed by atoms with Crippen molar-refractivity contribution in [2.75, 3.05) is 11.9 Å². The summed E-state index contributed by atoms with van der Waals surface area (Å²) in [6, 6.07) is 8.03. The third kappa shape index (κ3) is 3.70. The van der Waals surface area contributed by atoms with Crippen LogP contribution >= 0.6 is 0 Å². The summed E-state index contributed by atoms with van der Waals surface area (Å²) in [6.07, 6.45) is 3.27. The molecule has 0 radical (unpaired) electrons. The van der Waals surface area contributed by atoms with Crippen molar-refractivity contribution < 1.29 is 14.4 Å². The number of aryl methyl sites for hydroxylation is 1. The van der Waals surface area contributed by atoms with E-state index >= 15 is 0 Å². The summed E-state index contributed by atoms with van der Waals surface area (Å²) < 4.78 is 0. The molecule has 2 heterocycles. The van der Waals surface area contributed by atoms with Gasteiger partial charge < -0.3 is 10.3 Å². The fourth-order valence-electron chi connectivity index (χ4n) is 4.27. The van der Waals surface area contributed by atoms with Crippen molar-refractivity contribution in [1.29, 1.82) is 0 Å². The Bertz CT molecular complexity index is 1010. The number of anilines is 1. The maximum absolute atomic E-state index is 12.9. The molecule has 8 heteroatoms. The fraction of sp³-hybridized carbons (Fsp3) is 0.381. The second-order valence-corrected chi connectivity index (χ2v) is 7.62. The molecule has 29 heavy (non-hydrogen) atoms. The number of H-pyrrole nitrogens is 1. The predicted octanol–water partition coefficient (Wildman–Crippen LogP) is 2.12. The molecular formula is C21H22N4O4. The number of rotatable bonds is 4. The highest BCUT2D eigenvalue weighted by molar-refractivity contribution is 6.21. The molecule has 3 amide bonds. The number of carbonyl (C=O) groups excluding carboxylic acids is 3. The van der Waals surface area contributed by atoms with Crippen LogP contribution in [0.1, 0.15) is 52.2 Å². The Labute approximate surface area is 167 Å². The van der Waals surface area contributed by atoms with Crippen LogP contribution in [0.3, 0.4) is 0 Å². The standard InChI is InChI=1S/C21H22N4O4/c1-12-22-17(10-18(26)23-12)24-19(27)14-7-3-2-6-13(14)11-25-20(28)15-8-4-5-9-16(15)21(25)29/h4-5,8-10,13-14H,2-3,6-7,11H2,1H3,(H2,22,23,24,26,27). The van der Waals surface area contributed by atoms with Crippen LogP contribution in [0.5, 0.6) is 0 Å². The van der Waals surface area contributed by atoms with Crippen molar-refractivity contribution in [1.82, 2.24) is 14.9 Å². The topological polar surface area (TPSA) is 112 Å². The van der Waals surface area contributed by atoms with Crippen molar-refractivity contribution in [2.24, 2.45) is 11.8 Å². The van der Waals surface area contributed by atoms with Crippen LogP contribution in [0.25, 0.3) is 0 Å². The molecule has 2 aromatic rings. The Morgan fingerprint density at radius 1 is 1.14 bits per heavy atom. The number of carbonyl (C=O) groups is 3. The monoisotopic (exact) mass is 394 g/mol. The van der Waals surface area contributed by atoms with E-state index in [1.807, 2.05) is 0 Å². The summed E-state index contributed by atoms with van der Waals surface area (Å²) in [5.41, 5.74) is 0.494. The van der Waals surface area contributed by atoms with E-state index in [4.69, 9.17) is 0 Å². The van der Waals surface area contributed by atoms with E-state index in [0.29, 0.717) is 23.4 Å². The van der Waals surface area contributed by atoms with Gasteiger partial charge in [0, 0.05) is 18.5 Å². The number of imide groups is 1. The maximum atomic E-state index is 12.9. The zero-order chi connectivity index (χ0) is 20.5. The molecule has 1 aliphatic heterocycles. The van der Waals surface area contributed by atoms with Gasteiger partial charge in [-0.2, -0.15) is 0 Å². The molecule has 1 saturated carbocycles. The third-order valence-corrected chi connectivity index (χ3v) is 5.65. The molecule has 2 N–H and O–H groups in total. The zero-order valence-corrected chi connectivity index (χ0v) is 16.1. The highest BCUT2D eigenvalue weighted by atomic mass is 16.2. The Hall–Kier alpha value is -3.29. The fourth-order valence-corrected chi connectivity index (χ4v) is 4.27. The van der Waals surface area contributed by atoms with E-state index in [9.17, 15) is 19.2 Å². The minimum absolute atomic E-state index is 0.131. The van der Waals surface area contributed by atoms with Gasteiger partial charge in [0.15, 0.2) is 0 Å². The number of benzene rings is 1. The van der Waals surface area contributed by atoms with E-state index < -0.39 is 0 Å². The third-order valence-electron chi connectivity index (χ3n) is 5.65. The van der Waals surface area contributed by atoms with E-state index in [2.05, 4.69) is 15.3 Å². The summed E-state index contributed by atoms with van der Waals surface area (Å²) >= 11 is 0. The first kappa shape index (κ1) is 19.0. The lowest BCUT2D eigenvalue weighted by atomic mass is 9.78. The lowest BCUT2D eigenvalue weighted by Crippen LogP contribution is -2.41. The second kappa shape index (κ2) is 7.62. The van der Waals surface area contributed by atoms with Crippen molar-refractivity contribution in [3.63, 3.8) is 0 Å². The molecule has 1 aromatic heterocycles. The van der Waals surface area contributed by atoms with Crippen molar-refractivity contribution in [3.8, 4) is 0 Å². The van der Waals surface area contributed by atoms with Crippen LogP contribution in [0.15, 0.2) is 35.1 Å². The first-order valence-electron chi connectivity index (χ1n) is 9.78. The maximum Gasteiger partial charge on any atom is 0.261 e. The van der Waals surface area contributed by atoms with E-state index in [-0.39, 0.29) is 47.5 Å². The zero-order valence-electron chi connectivity index (χ0n) is 16.1. The Morgan fingerprint density at radius 2 is 1.79 bits per heavy atom.